The van der Waals surface area contributed by atoms with Crippen LogP contribution in [0.5, 0.6) is 11.5 Å². The Morgan fingerprint density at radius 3 is 2.52 bits per heavy atom. The number of hydrogen-bond donors (Lipinski definition) is 2. The second-order valence-electron chi connectivity index (χ2n) is 5.45. The van der Waals surface area contributed by atoms with Crippen molar-refractivity contribution >= 4 is 21.7 Å². The molecule has 1 aliphatic heterocycles. The average molecular weight is 392 g/mol. The van der Waals surface area contributed by atoms with E-state index in [2.05, 4.69) is 4.72 Å². The summed E-state index contributed by atoms with van der Waals surface area (Å²) < 4.78 is 44.2. The summed E-state index contributed by atoms with van der Waals surface area (Å²) in [5, 5.41) is 9.25. The van der Waals surface area contributed by atoms with Crippen molar-refractivity contribution in [3.05, 3.63) is 29.6 Å². The first-order valence-electron chi connectivity index (χ1n) is 7.70. The van der Waals surface area contributed by atoms with Crippen molar-refractivity contribution in [3.8, 4) is 23.3 Å². The number of nitrogens with zero attached hydrogens (tertiary/aromatic N) is 2. The highest BCUT2D eigenvalue weighted by molar-refractivity contribution is 7.89. The zero-order chi connectivity index (χ0) is 19.8. The van der Waals surface area contributed by atoms with Crippen molar-refractivity contribution in [3.63, 3.8) is 0 Å². The first-order chi connectivity index (χ1) is 12.8. The molecule has 3 N–H and O–H groups in total. The first-order valence-corrected chi connectivity index (χ1v) is 9.19. The van der Waals surface area contributed by atoms with E-state index < -0.39 is 16.0 Å². The average Bonchev–Trinajstić information content (AvgIpc) is 3.02. The second kappa shape index (κ2) is 6.82. The molecule has 2 aromatic rings. The van der Waals surface area contributed by atoms with Gasteiger partial charge in [-0.25, -0.2) is 17.9 Å². The van der Waals surface area contributed by atoms with E-state index in [1.165, 1.54) is 29.9 Å². The molecule has 0 atom stereocenters. The van der Waals surface area contributed by atoms with Crippen LogP contribution < -0.4 is 19.9 Å². The van der Waals surface area contributed by atoms with Gasteiger partial charge in [-0.2, -0.15) is 5.26 Å². The van der Waals surface area contributed by atoms with Crippen LogP contribution in [0, 0.1) is 11.3 Å². The van der Waals surface area contributed by atoms with Gasteiger partial charge in [0.05, 0.1) is 24.0 Å². The Balaban J connectivity index is 2.38. The summed E-state index contributed by atoms with van der Waals surface area (Å²) in [5.41, 5.74) is 5.66. The Morgan fingerprint density at radius 2 is 1.96 bits per heavy atom. The number of nitrogens with one attached hydrogen (secondary N) is 1. The summed E-state index contributed by atoms with van der Waals surface area (Å²) >= 11 is 0. The summed E-state index contributed by atoms with van der Waals surface area (Å²) in [6, 6.07) is 4.56. The lowest BCUT2D eigenvalue weighted by Gasteiger charge is -2.22. The van der Waals surface area contributed by atoms with Crippen LogP contribution in [-0.2, 0) is 14.8 Å². The molecule has 0 saturated heterocycles. The van der Waals surface area contributed by atoms with E-state index in [9.17, 15) is 18.5 Å². The van der Waals surface area contributed by atoms with Crippen LogP contribution >= 0.6 is 0 Å². The summed E-state index contributed by atoms with van der Waals surface area (Å²) in [6.45, 7) is 0.555. The van der Waals surface area contributed by atoms with E-state index in [1.807, 2.05) is 6.07 Å². The van der Waals surface area contributed by atoms with E-state index in [0.29, 0.717) is 5.75 Å². The highest BCUT2D eigenvalue weighted by Gasteiger charge is 2.28. The van der Waals surface area contributed by atoms with Gasteiger partial charge in [0, 0.05) is 18.3 Å². The standard InChI is InChI=1S/C16H16N4O6S/c1-19-27(22,23)13-6-12-11(25-3-4-26-12)5-10(13)20-8-9(7-17)14(18)15(20)16(21)24-2/h5-6,8,19H,3-4,18H2,1-2H3. The lowest BCUT2D eigenvalue weighted by Crippen LogP contribution is -2.23. The third-order valence-corrected chi connectivity index (χ3v) is 5.43. The summed E-state index contributed by atoms with van der Waals surface area (Å²) in [5.74, 6) is -0.274. The SMILES string of the molecule is CNS(=O)(=O)c1cc2c(cc1-n1cc(C#N)c(N)c1C(=O)OC)OCCO2. The van der Waals surface area contributed by atoms with Gasteiger partial charge in [0.2, 0.25) is 10.0 Å². The molecule has 0 aliphatic carbocycles. The molecule has 1 aliphatic rings. The topological polar surface area (TPSA) is 146 Å². The molecule has 0 spiro atoms. The van der Waals surface area contributed by atoms with Gasteiger partial charge >= 0.3 is 5.97 Å². The fourth-order valence-electron chi connectivity index (χ4n) is 2.68. The molecule has 10 nitrogen and oxygen atoms in total. The maximum Gasteiger partial charge on any atom is 0.357 e. The third-order valence-electron chi connectivity index (χ3n) is 3.99. The number of nitrogen functional groups attached to an aromatic ring is 1. The molecule has 11 heteroatoms. The van der Waals surface area contributed by atoms with Gasteiger partial charge < -0.3 is 24.5 Å². The fourth-order valence-corrected chi connectivity index (χ4v) is 3.59. The Hall–Kier alpha value is -3.23. The Labute approximate surface area is 155 Å². The molecule has 3 rings (SSSR count). The zero-order valence-electron chi connectivity index (χ0n) is 14.5. The van der Waals surface area contributed by atoms with Crippen LogP contribution in [0.25, 0.3) is 5.69 Å². The largest absolute Gasteiger partial charge is 0.486 e. The number of methoxy groups -OCH3 is 1. The summed E-state index contributed by atoms with van der Waals surface area (Å²) in [7, 11) is -1.55. The molecule has 1 aromatic heterocycles. The molecular weight excluding hydrogens is 376 g/mol. The van der Waals surface area contributed by atoms with Crippen molar-refractivity contribution in [2.24, 2.45) is 0 Å². The number of nitriles is 1. The van der Waals surface area contributed by atoms with Crippen LogP contribution in [0.3, 0.4) is 0 Å². The van der Waals surface area contributed by atoms with Gasteiger partial charge in [-0.05, 0) is 7.05 Å². The van der Waals surface area contributed by atoms with Crippen molar-refractivity contribution in [2.75, 3.05) is 33.1 Å². The number of ether oxygens (including phenoxy) is 3. The molecule has 0 saturated carbocycles. The van der Waals surface area contributed by atoms with Crippen LogP contribution in [0.4, 0.5) is 5.69 Å². The molecule has 0 amide bonds. The number of rotatable bonds is 4. The molecule has 0 fully saturated rings. The van der Waals surface area contributed by atoms with E-state index in [0.717, 1.165) is 7.11 Å². The van der Waals surface area contributed by atoms with Crippen molar-refractivity contribution in [1.82, 2.24) is 9.29 Å². The number of fused-ring (bicyclic) bond motifs is 1. The molecule has 1 aromatic carbocycles. The monoisotopic (exact) mass is 392 g/mol. The van der Waals surface area contributed by atoms with Gasteiger partial charge in [-0.3, -0.25) is 0 Å². The second-order valence-corrected chi connectivity index (χ2v) is 7.30. The van der Waals surface area contributed by atoms with Gasteiger partial charge in [-0.1, -0.05) is 0 Å². The smallest absolute Gasteiger partial charge is 0.357 e. The minimum atomic E-state index is -3.95. The highest BCUT2D eigenvalue weighted by atomic mass is 32.2. The molecular formula is C16H16N4O6S. The number of nitrogens with two attached hydrogens (primary N) is 1. The van der Waals surface area contributed by atoms with Crippen molar-refractivity contribution < 1.29 is 27.4 Å². The number of esters is 1. The Kier molecular flexibility index (Phi) is 4.69. The highest BCUT2D eigenvalue weighted by Crippen LogP contribution is 2.38. The van der Waals surface area contributed by atoms with Crippen LogP contribution in [0.1, 0.15) is 16.1 Å². The van der Waals surface area contributed by atoms with E-state index in [1.54, 1.807) is 0 Å². The van der Waals surface area contributed by atoms with Gasteiger partial charge in [-0.15, -0.1) is 0 Å². The lowest BCUT2D eigenvalue weighted by molar-refractivity contribution is 0.0593. The quantitative estimate of drug-likeness (QED) is 0.711. The number of carbonyl (C=O) groups excluding carboxylic acids is 1. The minimum Gasteiger partial charge on any atom is -0.486 e. The fraction of sp³-hybridized carbons (Fsp3) is 0.250. The van der Waals surface area contributed by atoms with Crippen LogP contribution in [0.15, 0.2) is 23.2 Å². The Morgan fingerprint density at radius 1 is 1.33 bits per heavy atom. The summed E-state index contributed by atoms with van der Waals surface area (Å²) in [6.07, 6.45) is 1.27. The van der Waals surface area contributed by atoms with Crippen LogP contribution in [-0.4, -0.2) is 46.3 Å². The predicted molar refractivity (Wildman–Crippen MR) is 93.5 cm³/mol. The normalized spacial score (nSPS) is 13.1. The number of aromatic nitrogens is 1. The number of sulfonamides is 1. The predicted octanol–water partition coefficient (Wildman–Crippen LogP) is 0.397. The minimum absolute atomic E-state index is 0.00176. The number of hydrogen-bond acceptors (Lipinski definition) is 8. The van der Waals surface area contributed by atoms with E-state index in [-0.39, 0.29) is 46.5 Å². The van der Waals surface area contributed by atoms with Gasteiger partial charge in [0.1, 0.15) is 24.2 Å². The molecule has 27 heavy (non-hydrogen) atoms. The Bertz CT molecular complexity index is 1070. The molecule has 0 radical (unpaired) electrons. The summed E-state index contributed by atoms with van der Waals surface area (Å²) in [4.78, 5) is 12.0. The number of benzene rings is 1. The lowest BCUT2D eigenvalue weighted by atomic mass is 10.2. The number of carbonyl (C=O) groups is 1. The first kappa shape index (κ1) is 18.6. The third kappa shape index (κ3) is 3.05. The van der Waals surface area contributed by atoms with Crippen molar-refractivity contribution in [2.45, 2.75) is 4.90 Å². The molecule has 0 bridgehead atoms. The van der Waals surface area contributed by atoms with Crippen LogP contribution in [0.2, 0.25) is 0 Å². The maximum absolute atomic E-state index is 12.6. The molecule has 0 unspecified atom stereocenters. The van der Waals surface area contributed by atoms with E-state index in [4.69, 9.17) is 19.9 Å². The number of anilines is 1. The van der Waals surface area contributed by atoms with Crippen molar-refractivity contribution in [1.29, 1.82) is 5.26 Å². The van der Waals surface area contributed by atoms with E-state index >= 15 is 0 Å². The maximum atomic E-state index is 12.6. The van der Waals surface area contributed by atoms with Gasteiger partial charge in [0.25, 0.3) is 0 Å². The molecule has 2 heterocycles. The molecule has 142 valence electrons. The zero-order valence-corrected chi connectivity index (χ0v) is 15.3. The van der Waals surface area contributed by atoms with Gasteiger partial charge in [0.15, 0.2) is 17.2 Å².